The summed E-state index contributed by atoms with van der Waals surface area (Å²) in [6.45, 7) is 4.25. The number of hydrogen-bond acceptors (Lipinski definition) is 4. The number of aryl methyl sites for hydroxylation is 1. The Balaban J connectivity index is 2.10. The van der Waals surface area contributed by atoms with Gasteiger partial charge in [0.2, 0.25) is 0 Å². The summed E-state index contributed by atoms with van der Waals surface area (Å²) in [5.41, 5.74) is 1.01. The maximum Gasteiger partial charge on any atom is 0.196 e. The fourth-order valence-corrected chi connectivity index (χ4v) is 3.38. The van der Waals surface area contributed by atoms with Gasteiger partial charge in [0.1, 0.15) is 0 Å². The van der Waals surface area contributed by atoms with E-state index in [2.05, 4.69) is 45.7 Å². The van der Waals surface area contributed by atoms with Gasteiger partial charge in [-0.3, -0.25) is 14.6 Å². The molecule has 3 rings (SSSR count). The molecule has 0 bridgehead atoms. The van der Waals surface area contributed by atoms with E-state index >= 15 is 0 Å². The monoisotopic (exact) mass is 302 g/mol. The molecule has 3 aromatic heterocycles. The van der Waals surface area contributed by atoms with E-state index in [1.165, 1.54) is 9.75 Å². The highest BCUT2D eigenvalue weighted by atomic mass is 32.1. The zero-order valence-corrected chi connectivity index (χ0v) is 12.8. The molecular weight excluding hydrogens is 288 g/mol. The summed E-state index contributed by atoms with van der Waals surface area (Å²) in [5.74, 6) is 0.843. The van der Waals surface area contributed by atoms with Crippen molar-refractivity contribution in [1.82, 2.24) is 19.7 Å². The Labute approximate surface area is 126 Å². The molecule has 0 radical (unpaired) electrons. The third kappa shape index (κ3) is 2.32. The predicted molar refractivity (Wildman–Crippen MR) is 83.5 cm³/mol. The summed E-state index contributed by atoms with van der Waals surface area (Å²) >= 11 is 7.18. The Bertz CT molecular complexity index is 770. The third-order valence-corrected chi connectivity index (χ3v) is 4.66. The van der Waals surface area contributed by atoms with Crippen molar-refractivity contribution < 1.29 is 0 Å². The van der Waals surface area contributed by atoms with E-state index in [-0.39, 0.29) is 6.04 Å². The molecule has 1 atom stereocenters. The molecule has 1 N–H and O–H groups in total. The predicted octanol–water partition coefficient (Wildman–Crippen LogP) is 3.98. The van der Waals surface area contributed by atoms with Gasteiger partial charge >= 0.3 is 0 Å². The number of hydrogen-bond donors (Lipinski definition) is 1. The summed E-state index contributed by atoms with van der Waals surface area (Å²) in [6.07, 6.45) is 3.52. The molecule has 3 heterocycles. The van der Waals surface area contributed by atoms with Crippen LogP contribution in [0.4, 0.5) is 0 Å². The van der Waals surface area contributed by atoms with E-state index in [1.807, 2.05) is 12.1 Å². The molecule has 0 aliphatic heterocycles. The van der Waals surface area contributed by atoms with Gasteiger partial charge in [-0.2, -0.15) is 5.10 Å². The van der Waals surface area contributed by atoms with E-state index in [1.54, 1.807) is 23.7 Å². The van der Waals surface area contributed by atoms with Gasteiger partial charge in [0.15, 0.2) is 10.6 Å². The van der Waals surface area contributed by atoms with Gasteiger partial charge in [0.05, 0.1) is 6.04 Å². The SMILES string of the molecule is Cc1ccc(C(C)n2c(-c3ccncc3)n[nH]c2=S)s1. The molecule has 0 saturated heterocycles. The van der Waals surface area contributed by atoms with E-state index in [0.29, 0.717) is 4.77 Å². The van der Waals surface area contributed by atoms with Crippen LogP contribution in [-0.2, 0) is 0 Å². The number of rotatable bonds is 3. The molecule has 0 aromatic carbocycles. The van der Waals surface area contributed by atoms with E-state index in [0.717, 1.165) is 11.4 Å². The molecular formula is C14H14N4S2. The number of nitrogens with one attached hydrogen (secondary N) is 1. The largest absolute Gasteiger partial charge is 0.292 e. The van der Waals surface area contributed by atoms with E-state index in [4.69, 9.17) is 12.2 Å². The van der Waals surface area contributed by atoms with Gasteiger partial charge < -0.3 is 0 Å². The second-order valence-corrected chi connectivity index (χ2v) is 6.29. The lowest BCUT2D eigenvalue weighted by Gasteiger charge is -2.14. The van der Waals surface area contributed by atoms with Crippen LogP contribution in [0.2, 0.25) is 0 Å². The van der Waals surface area contributed by atoms with Crippen LogP contribution in [0.5, 0.6) is 0 Å². The Morgan fingerprint density at radius 1 is 1.25 bits per heavy atom. The molecule has 102 valence electrons. The first-order chi connectivity index (χ1) is 9.66. The van der Waals surface area contributed by atoms with Gasteiger partial charge in [-0.15, -0.1) is 11.3 Å². The van der Waals surface area contributed by atoms with Gasteiger partial charge in [-0.1, -0.05) is 0 Å². The fourth-order valence-electron chi connectivity index (χ4n) is 2.17. The van der Waals surface area contributed by atoms with Crippen molar-refractivity contribution in [1.29, 1.82) is 0 Å². The average molecular weight is 302 g/mol. The Morgan fingerprint density at radius 3 is 2.65 bits per heavy atom. The molecule has 0 aliphatic rings. The Kier molecular flexibility index (Phi) is 3.50. The van der Waals surface area contributed by atoms with Crippen LogP contribution in [-0.4, -0.2) is 19.7 Å². The Hall–Kier alpha value is -1.79. The van der Waals surface area contributed by atoms with Crippen molar-refractivity contribution in [3.05, 3.63) is 51.2 Å². The van der Waals surface area contributed by atoms with Crippen LogP contribution in [0.1, 0.15) is 22.7 Å². The Morgan fingerprint density at radius 2 is 2.00 bits per heavy atom. The van der Waals surface area contributed by atoms with Crippen molar-refractivity contribution in [2.24, 2.45) is 0 Å². The summed E-state index contributed by atoms with van der Waals surface area (Å²) in [6, 6.07) is 8.31. The highest BCUT2D eigenvalue weighted by Crippen LogP contribution is 2.29. The quantitative estimate of drug-likeness (QED) is 0.744. The number of aromatic nitrogens is 4. The van der Waals surface area contributed by atoms with Gasteiger partial charge in [0.25, 0.3) is 0 Å². The third-order valence-electron chi connectivity index (χ3n) is 3.20. The molecule has 0 aliphatic carbocycles. The second kappa shape index (κ2) is 5.30. The fraction of sp³-hybridized carbons (Fsp3) is 0.214. The van der Waals surface area contributed by atoms with Crippen LogP contribution >= 0.6 is 23.6 Å². The average Bonchev–Trinajstić information content (AvgIpc) is 3.05. The highest BCUT2D eigenvalue weighted by molar-refractivity contribution is 7.71. The van der Waals surface area contributed by atoms with Crippen molar-refractivity contribution in [3.8, 4) is 11.4 Å². The second-order valence-electron chi connectivity index (χ2n) is 4.58. The molecule has 0 saturated carbocycles. The van der Waals surface area contributed by atoms with Crippen molar-refractivity contribution in [2.45, 2.75) is 19.9 Å². The van der Waals surface area contributed by atoms with Crippen LogP contribution in [0.25, 0.3) is 11.4 Å². The number of nitrogens with zero attached hydrogens (tertiary/aromatic N) is 3. The molecule has 20 heavy (non-hydrogen) atoms. The van der Waals surface area contributed by atoms with Gasteiger partial charge in [-0.25, -0.2) is 0 Å². The first kappa shape index (κ1) is 13.2. The number of aromatic amines is 1. The summed E-state index contributed by atoms with van der Waals surface area (Å²) in [5, 5.41) is 7.26. The van der Waals surface area contributed by atoms with Crippen molar-refractivity contribution in [2.75, 3.05) is 0 Å². The standard InChI is InChI=1S/C14H14N4S2/c1-9-3-4-12(20-9)10(2)18-13(16-17-14(18)19)11-5-7-15-8-6-11/h3-8,10H,1-2H3,(H,17,19). The lowest BCUT2D eigenvalue weighted by molar-refractivity contribution is 0.646. The molecule has 0 spiro atoms. The van der Waals surface area contributed by atoms with Crippen LogP contribution < -0.4 is 0 Å². The van der Waals surface area contributed by atoms with Crippen LogP contribution in [0, 0.1) is 11.7 Å². The van der Waals surface area contributed by atoms with Crippen LogP contribution in [0.3, 0.4) is 0 Å². The minimum absolute atomic E-state index is 0.156. The topological polar surface area (TPSA) is 46.5 Å². The zero-order valence-electron chi connectivity index (χ0n) is 11.2. The smallest absolute Gasteiger partial charge is 0.196 e. The summed E-state index contributed by atoms with van der Waals surface area (Å²) < 4.78 is 2.69. The zero-order chi connectivity index (χ0) is 14.1. The van der Waals surface area contributed by atoms with Crippen molar-refractivity contribution >= 4 is 23.6 Å². The molecule has 0 fully saturated rings. The maximum atomic E-state index is 5.39. The molecule has 4 nitrogen and oxygen atoms in total. The van der Waals surface area contributed by atoms with Crippen molar-refractivity contribution in [3.63, 3.8) is 0 Å². The number of pyridine rings is 1. The molecule has 3 aromatic rings. The lowest BCUT2D eigenvalue weighted by Crippen LogP contribution is -2.07. The molecule has 0 amide bonds. The van der Waals surface area contributed by atoms with E-state index < -0.39 is 0 Å². The first-order valence-electron chi connectivity index (χ1n) is 6.30. The van der Waals surface area contributed by atoms with Gasteiger partial charge in [0, 0.05) is 27.7 Å². The van der Waals surface area contributed by atoms with Gasteiger partial charge in [-0.05, 0) is 50.3 Å². The number of H-pyrrole nitrogens is 1. The lowest BCUT2D eigenvalue weighted by atomic mass is 10.2. The maximum absolute atomic E-state index is 5.39. The van der Waals surface area contributed by atoms with Crippen LogP contribution in [0.15, 0.2) is 36.7 Å². The summed E-state index contributed by atoms with van der Waals surface area (Å²) in [7, 11) is 0. The normalized spacial score (nSPS) is 12.5. The number of thiophene rings is 1. The minimum Gasteiger partial charge on any atom is -0.292 e. The highest BCUT2D eigenvalue weighted by Gasteiger charge is 2.17. The molecule has 6 heteroatoms. The van der Waals surface area contributed by atoms with E-state index in [9.17, 15) is 0 Å². The molecule has 1 unspecified atom stereocenters. The summed E-state index contributed by atoms with van der Waals surface area (Å²) in [4.78, 5) is 6.61. The minimum atomic E-state index is 0.156. The first-order valence-corrected chi connectivity index (χ1v) is 7.53.